The topological polar surface area (TPSA) is 12.0 Å². The zero-order chi connectivity index (χ0) is 13.0. The third kappa shape index (κ3) is 3.94. The van der Waals surface area contributed by atoms with Gasteiger partial charge in [0.2, 0.25) is 0 Å². The zero-order valence-electron chi connectivity index (χ0n) is 10.2. The Hall–Kier alpha value is -0.640. The Morgan fingerprint density at radius 3 is 2.33 bits per heavy atom. The Balaban J connectivity index is 1.90. The second-order valence-electron chi connectivity index (χ2n) is 4.32. The van der Waals surface area contributed by atoms with Gasteiger partial charge in [0.25, 0.3) is 0 Å². The van der Waals surface area contributed by atoms with E-state index in [9.17, 15) is 0 Å². The van der Waals surface area contributed by atoms with Gasteiger partial charge in [0.15, 0.2) is 0 Å². The van der Waals surface area contributed by atoms with E-state index in [2.05, 4.69) is 80.5 Å². The highest BCUT2D eigenvalue weighted by Gasteiger charge is 1.98. The first-order valence-corrected chi connectivity index (χ1v) is 7.44. The van der Waals surface area contributed by atoms with Crippen LogP contribution < -0.4 is 5.32 Å². The van der Waals surface area contributed by atoms with E-state index in [-0.39, 0.29) is 0 Å². The standard InChI is InChI=1S/C15H15Br2N/c1-11-7-13(5-6-15(11)17)10-18-9-12-3-2-4-14(16)8-12/h2-8,18H,9-10H2,1H3. The molecule has 1 N–H and O–H groups in total. The maximum absolute atomic E-state index is 3.52. The minimum atomic E-state index is 0.883. The SMILES string of the molecule is Cc1cc(CNCc2cccc(Br)c2)ccc1Br. The summed E-state index contributed by atoms with van der Waals surface area (Å²) >= 11 is 7.00. The number of aryl methyl sites for hydroxylation is 1. The first-order chi connectivity index (χ1) is 8.65. The molecule has 0 aliphatic rings. The molecule has 0 heterocycles. The van der Waals surface area contributed by atoms with Crippen LogP contribution in [0.4, 0.5) is 0 Å². The van der Waals surface area contributed by atoms with Crippen molar-refractivity contribution in [2.45, 2.75) is 20.0 Å². The molecule has 0 spiro atoms. The van der Waals surface area contributed by atoms with Crippen LogP contribution in [0.15, 0.2) is 51.4 Å². The lowest BCUT2D eigenvalue weighted by atomic mass is 10.1. The van der Waals surface area contributed by atoms with Crippen molar-refractivity contribution in [2.24, 2.45) is 0 Å². The van der Waals surface area contributed by atoms with E-state index in [0.717, 1.165) is 17.6 Å². The van der Waals surface area contributed by atoms with Crippen molar-refractivity contribution in [3.63, 3.8) is 0 Å². The molecule has 0 unspecified atom stereocenters. The van der Waals surface area contributed by atoms with E-state index in [1.54, 1.807) is 0 Å². The summed E-state index contributed by atoms with van der Waals surface area (Å²) in [6, 6.07) is 14.8. The first-order valence-electron chi connectivity index (χ1n) is 5.85. The van der Waals surface area contributed by atoms with Gasteiger partial charge < -0.3 is 5.32 Å². The van der Waals surface area contributed by atoms with Crippen LogP contribution in [0.1, 0.15) is 16.7 Å². The average Bonchev–Trinajstić information content (AvgIpc) is 2.34. The van der Waals surface area contributed by atoms with Crippen molar-refractivity contribution in [1.29, 1.82) is 0 Å². The molecule has 2 aromatic rings. The van der Waals surface area contributed by atoms with Crippen LogP contribution in [-0.2, 0) is 13.1 Å². The lowest BCUT2D eigenvalue weighted by Gasteiger charge is -2.07. The number of hydrogen-bond acceptors (Lipinski definition) is 1. The monoisotopic (exact) mass is 367 g/mol. The number of nitrogens with one attached hydrogen (secondary N) is 1. The largest absolute Gasteiger partial charge is 0.309 e. The Bertz CT molecular complexity index is 538. The number of rotatable bonds is 4. The smallest absolute Gasteiger partial charge is 0.0209 e. The summed E-state index contributed by atoms with van der Waals surface area (Å²) in [7, 11) is 0. The fourth-order valence-electron chi connectivity index (χ4n) is 1.81. The number of halogens is 2. The summed E-state index contributed by atoms with van der Waals surface area (Å²) < 4.78 is 2.29. The van der Waals surface area contributed by atoms with Gasteiger partial charge in [-0.25, -0.2) is 0 Å². The van der Waals surface area contributed by atoms with Crippen LogP contribution in [0.25, 0.3) is 0 Å². The lowest BCUT2D eigenvalue weighted by Crippen LogP contribution is -2.12. The molecule has 0 aliphatic heterocycles. The summed E-state index contributed by atoms with van der Waals surface area (Å²) in [5.41, 5.74) is 3.88. The highest BCUT2D eigenvalue weighted by Crippen LogP contribution is 2.17. The first kappa shape index (κ1) is 13.8. The highest BCUT2D eigenvalue weighted by molar-refractivity contribution is 9.10. The number of hydrogen-bond donors (Lipinski definition) is 1. The second kappa shape index (κ2) is 6.50. The van der Waals surface area contributed by atoms with Crippen molar-refractivity contribution < 1.29 is 0 Å². The van der Waals surface area contributed by atoms with Crippen LogP contribution >= 0.6 is 31.9 Å². The van der Waals surface area contributed by atoms with Gasteiger partial charge in [-0.15, -0.1) is 0 Å². The maximum atomic E-state index is 3.52. The van der Waals surface area contributed by atoms with Crippen molar-refractivity contribution in [1.82, 2.24) is 5.32 Å². The molecule has 1 nitrogen and oxygen atoms in total. The summed E-state index contributed by atoms with van der Waals surface area (Å²) in [6.07, 6.45) is 0. The molecule has 3 heteroatoms. The fourth-order valence-corrected chi connectivity index (χ4v) is 2.51. The van der Waals surface area contributed by atoms with Crippen LogP contribution in [-0.4, -0.2) is 0 Å². The van der Waals surface area contributed by atoms with Gasteiger partial charge in [-0.2, -0.15) is 0 Å². The zero-order valence-corrected chi connectivity index (χ0v) is 13.4. The molecule has 0 aliphatic carbocycles. The molecule has 18 heavy (non-hydrogen) atoms. The molecular weight excluding hydrogens is 354 g/mol. The van der Waals surface area contributed by atoms with Gasteiger partial charge in [0.05, 0.1) is 0 Å². The molecule has 0 bridgehead atoms. The van der Waals surface area contributed by atoms with Gasteiger partial charge in [0, 0.05) is 22.0 Å². The van der Waals surface area contributed by atoms with Crippen LogP contribution in [0.3, 0.4) is 0 Å². The van der Waals surface area contributed by atoms with Gasteiger partial charge in [-0.1, -0.05) is 56.1 Å². The minimum absolute atomic E-state index is 0.883. The van der Waals surface area contributed by atoms with Gasteiger partial charge >= 0.3 is 0 Å². The molecule has 0 saturated heterocycles. The molecule has 0 atom stereocenters. The molecule has 0 saturated carbocycles. The number of benzene rings is 2. The molecule has 0 fully saturated rings. The predicted molar refractivity (Wildman–Crippen MR) is 83.6 cm³/mol. The lowest BCUT2D eigenvalue weighted by molar-refractivity contribution is 0.692. The van der Waals surface area contributed by atoms with E-state index < -0.39 is 0 Å². The molecule has 94 valence electrons. The van der Waals surface area contributed by atoms with Crippen molar-refractivity contribution >= 4 is 31.9 Å². The Labute approximate surface area is 125 Å². The third-order valence-corrected chi connectivity index (χ3v) is 4.15. The highest BCUT2D eigenvalue weighted by atomic mass is 79.9. The second-order valence-corrected chi connectivity index (χ2v) is 6.09. The van der Waals surface area contributed by atoms with Crippen molar-refractivity contribution in [3.8, 4) is 0 Å². The Morgan fingerprint density at radius 2 is 1.67 bits per heavy atom. The van der Waals surface area contributed by atoms with Crippen molar-refractivity contribution in [3.05, 3.63) is 68.1 Å². The quantitative estimate of drug-likeness (QED) is 0.816. The molecule has 0 amide bonds. The molecular formula is C15H15Br2N. The van der Waals surface area contributed by atoms with E-state index in [1.807, 2.05) is 6.07 Å². The van der Waals surface area contributed by atoms with Crippen LogP contribution in [0, 0.1) is 6.92 Å². The van der Waals surface area contributed by atoms with Gasteiger partial charge in [-0.3, -0.25) is 0 Å². The Kier molecular flexibility index (Phi) is 4.98. The summed E-state index contributed by atoms with van der Waals surface area (Å²) in [5, 5.41) is 3.46. The summed E-state index contributed by atoms with van der Waals surface area (Å²) in [4.78, 5) is 0. The van der Waals surface area contributed by atoms with Gasteiger partial charge in [-0.05, 0) is 41.8 Å². The van der Waals surface area contributed by atoms with Crippen LogP contribution in [0.2, 0.25) is 0 Å². The third-order valence-electron chi connectivity index (χ3n) is 2.77. The van der Waals surface area contributed by atoms with Gasteiger partial charge in [0.1, 0.15) is 0 Å². The fraction of sp³-hybridized carbons (Fsp3) is 0.200. The van der Waals surface area contributed by atoms with E-state index in [1.165, 1.54) is 21.2 Å². The Morgan fingerprint density at radius 1 is 0.944 bits per heavy atom. The predicted octanol–water partition coefficient (Wildman–Crippen LogP) is 4.81. The molecule has 0 aromatic heterocycles. The summed E-state index contributed by atoms with van der Waals surface area (Å²) in [6.45, 7) is 3.89. The summed E-state index contributed by atoms with van der Waals surface area (Å²) in [5.74, 6) is 0. The molecule has 0 radical (unpaired) electrons. The average molecular weight is 369 g/mol. The van der Waals surface area contributed by atoms with E-state index >= 15 is 0 Å². The molecule has 2 rings (SSSR count). The molecule has 2 aromatic carbocycles. The minimum Gasteiger partial charge on any atom is -0.309 e. The van der Waals surface area contributed by atoms with E-state index in [4.69, 9.17) is 0 Å². The normalized spacial score (nSPS) is 10.6. The van der Waals surface area contributed by atoms with Crippen LogP contribution in [0.5, 0.6) is 0 Å². The van der Waals surface area contributed by atoms with Crippen molar-refractivity contribution in [2.75, 3.05) is 0 Å². The maximum Gasteiger partial charge on any atom is 0.0209 e. The van der Waals surface area contributed by atoms with E-state index in [0.29, 0.717) is 0 Å².